The van der Waals surface area contributed by atoms with Crippen molar-refractivity contribution >= 4 is 0 Å². The van der Waals surface area contributed by atoms with Gasteiger partial charge in [0.05, 0.1) is 0 Å². The molecule has 3 heteroatoms. The Morgan fingerprint density at radius 1 is 1.00 bits per heavy atom. The monoisotopic (exact) mass is 233 g/mol. The van der Waals surface area contributed by atoms with Crippen molar-refractivity contribution in [1.82, 2.24) is 0 Å². The predicted molar refractivity (Wildman–Crippen MR) is 6.73 cm³/mol. The molecule has 0 aromatic rings. The maximum atomic E-state index is 0. The number of rotatable bonds is 0. The third-order valence-electron chi connectivity index (χ3n) is 0. The van der Waals surface area contributed by atoms with E-state index in [2.05, 4.69) is 0 Å². The summed E-state index contributed by atoms with van der Waals surface area (Å²) < 4.78 is 0. The van der Waals surface area contributed by atoms with Crippen LogP contribution < -0.4 is 0 Å². The SMILES string of the molecule is C.[Fe].[Mn].[Pd]. The van der Waals surface area contributed by atoms with Crippen LogP contribution in [0.25, 0.3) is 0 Å². The fourth-order valence-corrected chi connectivity index (χ4v) is 0. The minimum atomic E-state index is 0. The van der Waals surface area contributed by atoms with Gasteiger partial charge in [0.1, 0.15) is 0 Å². The van der Waals surface area contributed by atoms with Gasteiger partial charge in [-0.1, -0.05) is 7.43 Å². The van der Waals surface area contributed by atoms with E-state index in [1.54, 1.807) is 0 Å². The van der Waals surface area contributed by atoms with Crippen LogP contribution in [0.1, 0.15) is 7.43 Å². The van der Waals surface area contributed by atoms with Crippen LogP contribution in [0.3, 0.4) is 0 Å². The van der Waals surface area contributed by atoms with Crippen LogP contribution in [-0.2, 0) is 54.6 Å². The van der Waals surface area contributed by atoms with E-state index < -0.39 is 0 Å². The van der Waals surface area contributed by atoms with Crippen molar-refractivity contribution in [3.63, 3.8) is 0 Å². The van der Waals surface area contributed by atoms with Gasteiger partial charge in [-0.25, -0.2) is 0 Å². The molecule has 0 fully saturated rings. The molecule has 0 rings (SSSR count). The summed E-state index contributed by atoms with van der Waals surface area (Å²) in [6.45, 7) is 0. The molecule has 33 valence electrons. The Balaban J connectivity index is 0. The molecule has 0 unspecified atom stereocenters. The van der Waals surface area contributed by atoms with E-state index in [1.807, 2.05) is 0 Å². The van der Waals surface area contributed by atoms with Crippen LogP contribution in [0, 0.1) is 0 Å². The van der Waals surface area contributed by atoms with Crippen molar-refractivity contribution < 1.29 is 54.6 Å². The Labute approximate surface area is 61.7 Å². The number of hydrogen-bond donors (Lipinski definition) is 0. The van der Waals surface area contributed by atoms with Crippen molar-refractivity contribution in [3.05, 3.63) is 0 Å². The molecule has 0 aromatic heterocycles. The summed E-state index contributed by atoms with van der Waals surface area (Å²) in [6, 6.07) is 0. The molecule has 1 radical (unpaired) electrons. The molecule has 0 spiro atoms. The molecular formula is CH4FeMnPd. The summed E-state index contributed by atoms with van der Waals surface area (Å²) in [6.07, 6.45) is 0. The second kappa shape index (κ2) is 22.3. The predicted octanol–water partition coefficient (Wildman–Crippen LogP) is 0.629. The quantitative estimate of drug-likeness (QED) is 0.538. The van der Waals surface area contributed by atoms with E-state index in [9.17, 15) is 0 Å². The van der Waals surface area contributed by atoms with Crippen LogP contribution in [0.4, 0.5) is 0 Å². The van der Waals surface area contributed by atoms with E-state index in [1.165, 1.54) is 0 Å². The zero-order valence-electron chi connectivity index (χ0n) is 1.05. The molecular weight excluding hydrogens is 229 g/mol. The third-order valence-corrected chi connectivity index (χ3v) is 0. The first-order chi connectivity index (χ1) is 0. The van der Waals surface area contributed by atoms with Gasteiger partial charge in [0.25, 0.3) is 0 Å². The zero-order valence-corrected chi connectivity index (χ0v) is 4.89. The molecule has 0 aliphatic carbocycles. The summed E-state index contributed by atoms with van der Waals surface area (Å²) in [5.41, 5.74) is 0. The van der Waals surface area contributed by atoms with Gasteiger partial charge in [-0.05, 0) is 0 Å². The van der Waals surface area contributed by atoms with E-state index in [4.69, 9.17) is 0 Å². The normalized spacial score (nSPS) is 0. The van der Waals surface area contributed by atoms with Crippen molar-refractivity contribution in [2.24, 2.45) is 0 Å². The van der Waals surface area contributed by atoms with Gasteiger partial charge in [-0.15, -0.1) is 0 Å². The van der Waals surface area contributed by atoms with E-state index >= 15 is 0 Å². The molecule has 0 heterocycles. The van der Waals surface area contributed by atoms with Crippen LogP contribution >= 0.6 is 0 Å². The fourth-order valence-electron chi connectivity index (χ4n) is 0. The van der Waals surface area contributed by atoms with Gasteiger partial charge in [0.2, 0.25) is 0 Å². The van der Waals surface area contributed by atoms with Crippen molar-refractivity contribution in [1.29, 1.82) is 0 Å². The van der Waals surface area contributed by atoms with Crippen LogP contribution in [0.15, 0.2) is 0 Å². The summed E-state index contributed by atoms with van der Waals surface area (Å²) >= 11 is 0. The second-order valence-corrected chi connectivity index (χ2v) is 0. The van der Waals surface area contributed by atoms with Crippen molar-refractivity contribution in [2.75, 3.05) is 0 Å². The zero-order chi connectivity index (χ0) is 0. The van der Waals surface area contributed by atoms with E-state index in [0.29, 0.717) is 0 Å². The Bertz CT molecular complexity index is 8.00. The molecule has 0 aromatic carbocycles. The molecule has 0 bridgehead atoms. The molecule has 0 saturated heterocycles. The number of hydrogen-bond acceptors (Lipinski definition) is 0. The average Bonchev–Trinajstić information content (AvgIpc) is 0. The first-order valence-corrected chi connectivity index (χ1v) is 0. The Hall–Kier alpha value is 1.70. The van der Waals surface area contributed by atoms with Gasteiger partial charge < -0.3 is 0 Å². The molecule has 0 aliphatic rings. The summed E-state index contributed by atoms with van der Waals surface area (Å²) in [4.78, 5) is 0. The first kappa shape index (κ1) is 43.5. The van der Waals surface area contributed by atoms with Gasteiger partial charge in [0.15, 0.2) is 0 Å². The van der Waals surface area contributed by atoms with Crippen molar-refractivity contribution in [2.45, 2.75) is 7.43 Å². The minimum Gasteiger partial charge on any atom is -0.0776 e. The molecule has 0 atom stereocenters. The van der Waals surface area contributed by atoms with Gasteiger partial charge >= 0.3 is 0 Å². The Kier molecular flexibility index (Phi) is 242. The smallest absolute Gasteiger partial charge is 0 e. The largest absolute Gasteiger partial charge is 0.0776 e. The molecule has 0 N–H and O–H groups in total. The maximum absolute atomic E-state index is 0. The van der Waals surface area contributed by atoms with E-state index in [-0.39, 0.29) is 62.0 Å². The molecule has 4 heavy (non-hydrogen) atoms. The summed E-state index contributed by atoms with van der Waals surface area (Å²) in [7, 11) is 0. The topological polar surface area (TPSA) is 0 Å². The summed E-state index contributed by atoms with van der Waals surface area (Å²) in [5.74, 6) is 0. The summed E-state index contributed by atoms with van der Waals surface area (Å²) in [5, 5.41) is 0. The minimum absolute atomic E-state index is 0. The molecule has 0 saturated carbocycles. The maximum Gasteiger partial charge on any atom is 0 e. The fraction of sp³-hybridized carbons (Fsp3) is 1.00. The Morgan fingerprint density at radius 3 is 1.00 bits per heavy atom. The first-order valence-electron chi connectivity index (χ1n) is 0. The standard InChI is InChI=1S/CH4.Fe.Mn.Pd/h1H4;;;. The van der Waals surface area contributed by atoms with Gasteiger partial charge in [-0.2, -0.15) is 0 Å². The van der Waals surface area contributed by atoms with Gasteiger partial charge in [0, 0.05) is 54.6 Å². The van der Waals surface area contributed by atoms with Crippen LogP contribution in [0.5, 0.6) is 0 Å². The van der Waals surface area contributed by atoms with Crippen LogP contribution in [-0.4, -0.2) is 0 Å². The molecule has 0 aliphatic heterocycles. The van der Waals surface area contributed by atoms with E-state index in [0.717, 1.165) is 0 Å². The molecule has 0 nitrogen and oxygen atoms in total. The Morgan fingerprint density at radius 2 is 1.00 bits per heavy atom. The second-order valence-electron chi connectivity index (χ2n) is 0. The van der Waals surface area contributed by atoms with Crippen molar-refractivity contribution in [3.8, 4) is 0 Å². The third kappa shape index (κ3) is 9.33. The van der Waals surface area contributed by atoms with Gasteiger partial charge in [-0.3, -0.25) is 0 Å². The average molecular weight is 233 g/mol. The van der Waals surface area contributed by atoms with Crippen LogP contribution in [0.2, 0.25) is 0 Å². The molecule has 0 amide bonds.